The molecule has 4 rings (SSSR count). The fraction of sp³-hybridized carbons (Fsp3) is 0.286. The molecule has 0 spiro atoms. The molecular weight excluding hydrogens is 348 g/mol. The van der Waals surface area contributed by atoms with E-state index in [1.165, 1.54) is 18.2 Å². The number of rotatable bonds is 1. The first-order chi connectivity index (χ1) is 12.7. The largest absolute Gasteiger partial charge is 0.508 e. The summed E-state index contributed by atoms with van der Waals surface area (Å²) >= 11 is 0. The average Bonchev–Trinajstić information content (AvgIpc) is 2.58. The van der Waals surface area contributed by atoms with E-state index in [-0.39, 0.29) is 40.8 Å². The molecule has 0 aliphatic carbocycles. The highest BCUT2D eigenvalue weighted by Gasteiger charge is 2.38. The number of fused-ring (bicyclic) bond motifs is 3. The Balaban J connectivity index is 1.87. The van der Waals surface area contributed by atoms with E-state index in [1.54, 1.807) is 6.92 Å². The van der Waals surface area contributed by atoms with Gasteiger partial charge >= 0.3 is 0 Å². The first-order valence-electron chi connectivity index (χ1n) is 8.67. The van der Waals surface area contributed by atoms with Gasteiger partial charge in [0.2, 0.25) is 0 Å². The molecule has 3 N–H and O–H groups in total. The van der Waals surface area contributed by atoms with Gasteiger partial charge in [-0.15, -0.1) is 0 Å². The second-order valence-electron chi connectivity index (χ2n) is 7.44. The topological polar surface area (TPSA) is 96.2 Å². The third-order valence-corrected chi connectivity index (χ3v) is 4.94. The number of ether oxygens (including phenoxy) is 2. The van der Waals surface area contributed by atoms with E-state index in [2.05, 4.69) is 0 Å². The van der Waals surface area contributed by atoms with E-state index in [4.69, 9.17) is 9.47 Å². The molecule has 6 nitrogen and oxygen atoms in total. The van der Waals surface area contributed by atoms with Crippen LogP contribution in [0.4, 0.5) is 0 Å². The van der Waals surface area contributed by atoms with Gasteiger partial charge < -0.3 is 24.8 Å². The molecule has 1 atom stereocenters. The number of Topliss-reactive ketones (excluding diaryl/α,β-unsaturated/α-hetero) is 1. The normalized spacial score (nSPS) is 19.7. The minimum absolute atomic E-state index is 0.0345. The summed E-state index contributed by atoms with van der Waals surface area (Å²) in [5, 5.41) is 30.2. The summed E-state index contributed by atoms with van der Waals surface area (Å²) in [5.74, 6) is 0.0525. The Bertz CT molecular complexity index is 1000. The highest BCUT2D eigenvalue weighted by atomic mass is 16.5. The number of ketones is 1. The molecule has 2 aromatic carbocycles. The number of hydrogen-bond donors (Lipinski definition) is 3. The van der Waals surface area contributed by atoms with Crippen molar-refractivity contribution in [1.82, 2.24) is 0 Å². The van der Waals surface area contributed by atoms with Crippen molar-refractivity contribution in [3.8, 4) is 28.7 Å². The maximum Gasteiger partial charge on any atom is 0.174 e. The Morgan fingerprint density at radius 1 is 1.15 bits per heavy atom. The highest BCUT2D eigenvalue weighted by molar-refractivity contribution is 6.05. The minimum atomic E-state index is -0.736. The van der Waals surface area contributed by atoms with Crippen molar-refractivity contribution in [2.75, 3.05) is 0 Å². The molecule has 0 fully saturated rings. The summed E-state index contributed by atoms with van der Waals surface area (Å²) in [4.78, 5) is 12.8. The molecule has 0 bridgehead atoms. The van der Waals surface area contributed by atoms with Gasteiger partial charge in [-0.3, -0.25) is 4.79 Å². The number of phenols is 3. The van der Waals surface area contributed by atoms with E-state index in [1.807, 2.05) is 26.0 Å². The third kappa shape index (κ3) is 2.68. The molecule has 2 aromatic rings. The van der Waals surface area contributed by atoms with Gasteiger partial charge in [0.15, 0.2) is 5.78 Å². The molecule has 2 aliphatic rings. The van der Waals surface area contributed by atoms with Crippen LogP contribution in [0.2, 0.25) is 0 Å². The van der Waals surface area contributed by atoms with Gasteiger partial charge in [-0.05, 0) is 45.1 Å². The number of hydrogen-bond acceptors (Lipinski definition) is 6. The van der Waals surface area contributed by atoms with Crippen molar-refractivity contribution in [3.63, 3.8) is 0 Å². The number of phenolic OH excluding ortho intramolecular Hbond substituents is 3. The Morgan fingerprint density at radius 3 is 2.59 bits per heavy atom. The van der Waals surface area contributed by atoms with Gasteiger partial charge in [-0.1, -0.05) is 0 Å². The number of carbonyl (C=O) groups excluding carboxylic acids is 1. The molecule has 0 amide bonds. The summed E-state index contributed by atoms with van der Waals surface area (Å²) in [6.45, 7) is 5.49. The van der Waals surface area contributed by atoms with Crippen LogP contribution in [-0.4, -0.2) is 26.7 Å². The van der Waals surface area contributed by atoms with E-state index in [9.17, 15) is 20.1 Å². The zero-order valence-electron chi connectivity index (χ0n) is 15.2. The summed E-state index contributed by atoms with van der Waals surface area (Å²) in [6.07, 6.45) is 2.92. The predicted molar refractivity (Wildman–Crippen MR) is 98.7 cm³/mol. The lowest BCUT2D eigenvalue weighted by Crippen LogP contribution is -2.29. The van der Waals surface area contributed by atoms with Crippen molar-refractivity contribution >= 4 is 11.9 Å². The quantitative estimate of drug-likeness (QED) is 0.704. The third-order valence-electron chi connectivity index (χ3n) is 4.94. The van der Waals surface area contributed by atoms with Crippen LogP contribution in [-0.2, 0) is 0 Å². The molecule has 0 unspecified atom stereocenters. The fourth-order valence-electron chi connectivity index (χ4n) is 3.52. The van der Waals surface area contributed by atoms with Crippen molar-refractivity contribution in [1.29, 1.82) is 0 Å². The van der Waals surface area contributed by atoms with Gasteiger partial charge in [0.25, 0.3) is 0 Å². The van der Waals surface area contributed by atoms with Gasteiger partial charge in [0, 0.05) is 17.2 Å². The van der Waals surface area contributed by atoms with Gasteiger partial charge in [0.05, 0.1) is 12.0 Å². The van der Waals surface area contributed by atoms with Gasteiger partial charge in [-0.25, -0.2) is 0 Å². The lowest BCUT2D eigenvalue weighted by molar-refractivity contribution is 0.0838. The molecule has 27 heavy (non-hydrogen) atoms. The van der Waals surface area contributed by atoms with Crippen LogP contribution in [0.25, 0.3) is 6.08 Å². The molecule has 0 saturated heterocycles. The van der Waals surface area contributed by atoms with E-state index >= 15 is 0 Å². The van der Waals surface area contributed by atoms with Crippen molar-refractivity contribution < 1.29 is 29.6 Å². The Kier molecular flexibility index (Phi) is 3.63. The van der Waals surface area contributed by atoms with Crippen molar-refractivity contribution in [3.05, 3.63) is 46.5 Å². The van der Waals surface area contributed by atoms with E-state index in [0.717, 1.165) is 0 Å². The zero-order chi connectivity index (χ0) is 19.5. The van der Waals surface area contributed by atoms with Gasteiger partial charge in [-0.2, -0.15) is 0 Å². The molecule has 2 aliphatic heterocycles. The number of benzene rings is 2. The van der Waals surface area contributed by atoms with Crippen LogP contribution in [0.3, 0.4) is 0 Å². The monoisotopic (exact) mass is 368 g/mol. The van der Waals surface area contributed by atoms with Crippen molar-refractivity contribution in [2.45, 2.75) is 38.9 Å². The van der Waals surface area contributed by atoms with Crippen molar-refractivity contribution in [2.24, 2.45) is 0 Å². The zero-order valence-corrected chi connectivity index (χ0v) is 15.2. The van der Waals surface area contributed by atoms with E-state index in [0.29, 0.717) is 22.4 Å². The summed E-state index contributed by atoms with van der Waals surface area (Å²) in [6, 6.07) is 4.14. The van der Waals surface area contributed by atoms with Crippen LogP contribution in [0, 0.1) is 6.92 Å². The minimum Gasteiger partial charge on any atom is -0.508 e. The average molecular weight is 368 g/mol. The van der Waals surface area contributed by atoms with Crippen LogP contribution in [0.5, 0.6) is 28.7 Å². The fourth-order valence-corrected chi connectivity index (χ4v) is 3.52. The lowest BCUT2D eigenvalue weighted by atomic mass is 9.89. The maximum absolute atomic E-state index is 12.8. The first kappa shape index (κ1) is 17.3. The Hall–Kier alpha value is -3.15. The number of aromatic hydroxyl groups is 3. The van der Waals surface area contributed by atoms with E-state index < -0.39 is 11.7 Å². The Morgan fingerprint density at radius 2 is 1.89 bits per heavy atom. The summed E-state index contributed by atoms with van der Waals surface area (Å²) in [5.41, 5.74) is 1.06. The van der Waals surface area contributed by atoms with Crippen LogP contribution in [0.15, 0.2) is 24.3 Å². The van der Waals surface area contributed by atoms with Crippen LogP contribution < -0.4 is 9.47 Å². The smallest absolute Gasteiger partial charge is 0.174 e. The number of carbonyl (C=O) groups is 1. The molecule has 2 heterocycles. The first-order valence-corrected chi connectivity index (χ1v) is 8.67. The lowest BCUT2D eigenvalue weighted by Gasteiger charge is -2.34. The Labute approximate surface area is 156 Å². The summed E-state index contributed by atoms with van der Waals surface area (Å²) < 4.78 is 12.0. The second-order valence-corrected chi connectivity index (χ2v) is 7.44. The summed E-state index contributed by atoms with van der Waals surface area (Å²) in [7, 11) is 0. The molecule has 6 heteroatoms. The standard InChI is InChI=1S/C21H20O6/c1-10-18(25)17-15(24)9-16(12-5-4-11(22)8-14(12)23)26-20(17)13-6-7-21(2,3)27-19(10)13/h4-8,16,22-23,25H,9H2,1-3H3/t16-/m0/s1. The van der Waals surface area contributed by atoms with Crippen LogP contribution >= 0.6 is 0 Å². The van der Waals surface area contributed by atoms with Crippen LogP contribution in [0.1, 0.15) is 53.4 Å². The SMILES string of the molecule is Cc1c(O)c2c(c3c1OC(C)(C)C=C3)O[C@H](c1ccc(O)cc1O)CC2=O. The maximum atomic E-state index is 12.8. The predicted octanol–water partition coefficient (Wildman–Crippen LogP) is 4.00. The van der Waals surface area contributed by atoms with Gasteiger partial charge in [0.1, 0.15) is 46.0 Å². The second kappa shape index (κ2) is 5.67. The molecule has 0 saturated carbocycles. The molecular formula is C21H20O6. The molecule has 0 radical (unpaired) electrons. The highest BCUT2D eigenvalue weighted by Crippen LogP contribution is 2.51. The molecule has 0 aromatic heterocycles. The molecule has 140 valence electrons.